The molecule has 2 amide bonds. The SMILES string of the molecule is Cc1cc(C)c(NC(=O)[C@@H](C)OC(=O)[C@@H]2CC(=O)N(Cc3ccccc3)C2)c(C)c1. The molecular weight excluding hydrogens is 380 g/mol. The van der Waals surface area contributed by atoms with Gasteiger partial charge in [-0.15, -0.1) is 0 Å². The van der Waals surface area contributed by atoms with E-state index < -0.39 is 18.0 Å². The average molecular weight is 408 g/mol. The van der Waals surface area contributed by atoms with E-state index in [1.165, 1.54) is 0 Å². The fourth-order valence-corrected chi connectivity index (χ4v) is 3.81. The number of hydrogen-bond donors (Lipinski definition) is 1. The molecule has 0 radical (unpaired) electrons. The van der Waals surface area contributed by atoms with Crippen molar-refractivity contribution in [3.8, 4) is 0 Å². The summed E-state index contributed by atoms with van der Waals surface area (Å²) >= 11 is 0. The maximum absolute atomic E-state index is 12.6. The third-order valence-electron chi connectivity index (χ3n) is 5.35. The van der Waals surface area contributed by atoms with Crippen LogP contribution in [0.2, 0.25) is 0 Å². The number of amides is 2. The third kappa shape index (κ3) is 5.06. The molecule has 1 N–H and O–H groups in total. The van der Waals surface area contributed by atoms with Crippen LogP contribution in [0.25, 0.3) is 0 Å². The number of carbonyl (C=O) groups is 3. The maximum atomic E-state index is 12.6. The van der Waals surface area contributed by atoms with Crippen LogP contribution in [-0.2, 0) is 25.7 Å². The van der Waals surface area contributed by atoms with E-state index in [1.54, 1.807) is 11.8 Å². The normalized spacial score (nSPS) is 17.0. The molecular formula is C24H28N2O4. The van der Waals surface area contributed by atoms with Gasteiger partial charge in [0.15, 0.2) is 6.10 Å². The van der Waals surface area contributed by atoms with Crippen molar-refractivity contribution in [1.29, 1.82) is 0 Å². The summed E-state index contributed by atoms with van der Waals surface area (Å²) in [5.74, 6) is -1.54. The van der Waals surface area contributed by atoms with Crippen LogP contribution in [0.3, 0.4) is 0 Å². The Morgan fingerprint density at radius 2 is 1.77 bits per heavy atom. The lowest BCUT2D eigenvalue weighted by Crippen LogP contribution is -2.33. The highest BCUT2D eigenvalue weighted by Crippen LogP contribution is 2.24. The van der Waals surface area contributed by atoms with Gasteiger partial charge in [0.05, 0.1) is 5.92 Å². The number of rotatable bonds is 6. The zero-order valence-electron chi connectivity index (χ0n) is 17.9. The van der Waals surface area contributed by atoms with E-state index in [4.69, 9.17) is 4.74 Å². The summed E-state index contributed by atoms with van der Waals surface area (Å²) in [6.45, 7) is 8.17. The fourth-order valence-electron chi connectivity index (χ4n) is 3.81. The second-order valence-corrected chi connectivity index (χ2v) is 8.00. The van der Waals surface area contributed by atoms with Gasteiger partial charge in [0.1, 0.15) is 0 Å². The van der Waals surface area contributed by atoms with Crippen molar-refractivity contribution < 1.29 is 19.1 Å². The largest absolute Gasteiger partial charge is 0.452 e. The molecule has 0 unspecified atom stereocenters. The van der Waals surface area contributed by atoms with Crippen LogP contribution in [0.5, 0.6) is 0 Å². The van der Waals surface area contributed by atoms with Crippen molar-refractivity contribution >= 4 is 23.5 Å². The smallest absolute Gasteiger partial charge is 0.312 e. The lowest BCUT2D eigenvalue weighted by atomic mass is 10.0. The number of esters is 1. The van der Waals surface area contributed by atoms with E-state index in [0.29, 0.717) is 13.1 Å². The predicted molar refractivity (Wildman–Crippen MR) is 115 cm³/mol. The highest BCUT2D eigenvalue weighted by atomic mass is 16.5. The Kier molecular flexibility index (Phi) is 6.55. The maximum Gasteiger partial charge on any atom is 0.312 e. The molecule has 0 aliphatic carbocycles. The van der Waals surface area contributed by atoms with Gasteiger partial charge in [-0.05, 0) is 44.4 Å². The second kappa shape index (κ2) is 9.11. The number of hydrogen-bond acceptors (Lipinski definition) is 4. The van der Waals surface area contributed by atoms with E-state index in [0.717, 1.165) is 27.9 Å². The van der Waals surface area contributed by atoms with Gasteiger partial charge in [-0.25, -0.2) is 0 Å². The van der Waals surface area contributed by atoms with Crippen molar-refractivity contribution in [2.45, 2.75) is 46.8 Å². The molecule has 2 aromatic rings. The van der Waals surface area contributed by atoms with Crippen molar-refractivity contribution in [2.24, 2.45) is 5.92 Å². The van der Waals surface area contributed by atoms with Crippen LogP contribution in [0, 0.1) is 26.7 Å². The molecule has 1 saturated heterocycles. The van der Waals surface area contributed by atoms with Crippen LogP contribution in [-0.4, -0.2) is 35.3 Å². The molecule has 6 nitrogen and oxygen atoms in total. The molecule has 0 bridgehead atoms. The molecule has 6 heteroatoms. The first-order valence-corrected chi connectivity index (χ1v) is 10.2. The number of ether oxygens (including phenoxy) is 1. The van der Waals surface area contributed by atoms with Crippen LogP contribution >= 0.6 is 0 Å². The van der Waals surface area contributed by atoms with Gasteiger partial charge in [0.2, 0.25) is 5.91 Å². The zero-order chi connectivity index (χ0) is 21.8. The van der Waals surface area contributed by atoms with E-state index in [1.807, 2.05) is 63.2 Å². The van der Waals surface area contributed by atoms with Gasteiger partial charge in [-0.3, -0.25) is 14.4 Å². The van der Waals surface area contributed by atoms with Crippen LogP contribution in [0.15, 0.2) is 42.5 Å². The average Bonchev–Trinajstić information content (AvgIpc) is 3.05. The Bertz CT molecular complexity index is 932. The molecule has 1 heterocycles. The summed E-state index contributed by atoms with van der Waals surface area (Å²) in [4.78, 5) is 39.1. The van der Waals surface area contributed by atoms with E-state index >= 15 is 0 Å². The van der Waals surface area contributed by atoms with Crippen molar-refractivity contribution in [1.82, 2.24) is 4.90 Å². The van der Waals surface area contributed by atoms with Crippen LogP contribution in [0.4, 0.5) is 5.69 Å². The molecule has 3 rings (SSSR count). The summed E-state index contributed by atoms with van der Waals surface area (Å²) in [5.41, 5.74) is 4.78. The Labute approximate surface area is 177 Å². The first-order valence-electron chi connectivity index (χ1n) is 10.2. The van der Waals surface area contributed by atoms with Crippen molar-refractivity contribution in [3.63, 3.8) is 0 Å². The number of nitrogens with zero attached hydrogens (tertiary/aromatic N) is 1. The summed E-state index contributed by atoms with van der Waals surface area (Å²) in [6.07, 6.45) is -0.841. The van der Waals surface area contributed by atoms with Crippen LogP contribution in [0.1, 0.15) is 35.6 Å². The van der Waals surface area contributed by atoms with E-state index in [9.17, 15) is 14.4 Å². The van der Waals surface area contributed by atoms with Gasteiger partial charge in [0, 0.05) is 25.2 Å². The minimum atomic E-state index is -0.948. The minimum absolute atomic E-state index is 0.0798. The van der Waals surface area contributed by atoms with Crippen molar-refractivity contribution in [3.05, 3.63) is 64.7 Å². The summed E-state index contributed by atoms with van der Waals surface area (Å²) in [6, 6.07) is 13.6. The highest BCUT2D eigenvalue weighted by molar-refractivity contribution is 5.97. The molecule has 1 aliphatic rings. The summed E-state index contributed by atoms with van der Waals surface area (Å²) in [5, 5.41) is 2.86. The second-order valence-electron chi connectivity index (χ2n) is 8.00. The lowest BCUT2D eigenvalue weighted by molar-refractivity contribution is -0.157. The number of nitrogens with one attached hydrogen (secondary N) is 1. The molecule has 0 saturated carbocycles. The van der Waals surface area contributed by atoms with Gasteiger partial charge < -0.3 is 15.0 Å². The molecule has 2 aromatic carbocycles. The number of aryl methyl sites for hydroxylation is 3. The minimum Gasteiger partial charge on any atom is -0.452 e. The lowest BCUT2D eigenvalue weighted by Gasteiger charge is -2.19. The van der Waals surface area contributed by atoms with Gasteiger partial charge in [-0.1, -0.05) is 48.0 Å². The monoisotopic (exact) mass is 408 g/mol. The topological polar surface area (TPSA) is 75.7 Å². The number of carbonyl (C=O) groups excluding carboxylic acids is 3. The number of likely N-dealkylation sites (tertiary alicyclic amines) is 1. The molecule has 30 heavy (non-hydrogen) atoms. The highest BCUT2D eigenvalue weighted by Gasteiger charge is 2.36. The van der Waals surface area contributed by atoms with Gasteiger partial charge in [-0.2, -0.15) is 0 Å². The molecule has 0 aromatic heterocycles. The first kappa shape index (κ1) is 21.6. The number of benzene rings is 2. The standard InChI is InChI=1S/C24H28N2O4/c1-15-10-16(2)22(17(3)11-15)25-23(28)18(4)30-24(29)20-12-21(27)26(14-20)13-19-8-6-5-7-9-19/h5-11,18,20H,12-14H2,1-4H3,(H,25,28)/t18-,20-/m1/s1. The Morgan fingerprint density at radius 3 is 2.40 bits per heavy atom. The Morgan fingerprint density at radius 1 is 1.13 bits per heavy atom. The van der Waals surface area contributed by atoms with E-state index in [2.05, 4.69) is 5.32 Å². The quantitative estimate of drug-likeness (QED) is 0.742. The predicted octanol–water partition coefficient (Wildman–Crippen LogP) is 3.53. The van der Waals surface area contributed by atoms with E-state index in [-0.39, 0.29) is 18.2 Å². The molecule has 0 spiro atoms. The Balaban J connectivity index is 1.56. The molecule has 2 atom stereocenters. The van der Waals surface area contributed by atoms with Gasteiger partial charge in [0.25, 0.3) is 5.91 Å². The Hall–Kier alpha value is -3.15. The van der Waals surface area contributed by atoms with Crippen LogP contribution < -0.4 is 5.32 Å². The summed E-state index contributed by atoms with van der Waals surface area (Å²) in [7, 11) is 0. The van der Waals surface area contributed by atoms with Crippen molar-refractivity contribution in [2.75, 3.05) is 11.9 Å². The zero-order valence-corrected chi connectivity index (χ0v) is 17.9. The third-order valence-corrected chi connectivity index (χ3v) is 5.35. The summed E-state index contributed by atoms with van der Waals surface area (Å²) < 4.78 is 5.39. The molecule has 1 aliphatic heterocycles. The van der Waals surface area contributed by atoms with Gasteiger partial charge >= 0.3 is 5.97 Å². The first-order chi connectivity index (χ1) is 14.2. The molecule has 158 valence electrons. The fraction of sp³-hybridized carbons (Fsp3) is 0.375. The molecule has 1 fully saturated rings. The number of anilines is 1.